The Morgan fingerprint density at radius 2 is 2.03 bits per heavy atom. The molecule has 1 fully saturated rings. The second-order valence-electron chi connectivity index (χ2n) is 9.52. The van der Waals surface area contributed by atoms with Gasteiger partial charge in [0.05, 0.1) is 18.1 Å². The van der Waals surface area contributed by atoms with Gasteiger partial charge in [-0.1, -0.05) is 6.92 Å². The van der Waals surface area contributed by atoms with E-state index in [0.29, 0.717) is 36.0 Å². The van der Waals surface area contributed by atoms with E-state index < -0.39 is 41.1 Å². The van der Waals surface area contributed by atoms with Crippen LogP contribution in [0.1, 0.15) is 66.5 Å². The van der Waals surface area contributed by atoms with E-state index in [4.69, 9.17) is 18.6 Å². The van der Waals surface area contributed by atoms with Crippen LogP contribution in [0.2, 0.25) is 0 Å². The van der Waals surface area contributed by atoms with Gasteiger partial charge in [-0.2, -0.15) is 0 Å². The maximum atomic E-state index is 13.7. The lowest BCUT2D eigenvalue weighted by molar-refractivity contribution is -0.149. The van der Waals surface area contributed by atoms with E-state index in [-0.39, 0.29) is 29.6 Å². The number of hydrogen-bond donors (Lipinski definition) is 1. The van der Waals surface area contributed by atoms with Crippen LogP contribution in [0.25, 0.3) is 0 Å². The highest BCUT2D eigenvalue weighted by atomic mass is 16.6. The number of ketones is 1. The Labute approximate surface area is 179 Å². The Kier molecular flexibility index (Phi) is 4.31. The van der Waals surface area contributed by atoms with Crippen LogP contribution < -0.4 is 0 Å². The smallest absolute Gasteiger partial charge is 0.342 e. The molecule has 0 bridgehead atoms. The molecule has 1 aromatic rings. The van der Waals surface area contributed by atoms with E-state index in [9.17, 15) is 19.5 Å². The summed E-state index contributed by atoms with van der Waals surface area (Å²) in [7, 11) is 1.51. The number of allylic oxidation sites excluding steroid dienone is 1. The minimum atomic E-state index is -0.959. The number of rotatable bonds is 3. The highest BCUT2D eigenvalue weighted by molar-refractivity contribution is 6.13. The minimum Gasteiger partial charge on any atom is -0.460 e. The lowest BCUT2D eigenvalue weighted by Gasteiger charge is -2.52. The van der Waals surface area contributed by atoms with Crippen molar-refractivity contribution < 1.29 is 38.1 Å². The molecular weight excluding hydrogens is 404 g/mol. The Hall–Kier alpha value is -2.45. The molecule has 0 amide bonds. The van der Waals surface area contributed by atoms with Gasteiger partial charge in [-0.25, -0.2) is 4.79 Å². The molecule has 0 saturated heterocycles. The average Bonchev–Trinajstić information content (AvgIpc) is 3.27. The molecule has 1 aromatic heterocycles. The number of carbonyl (C=O) groups excluding carboxylic acids is 3. The van der Waals surface area contributed by atoms with Crippen molar-refractivity contribution >= 4 is 17.7 Å². The third-order valence-corrected chi connectivity index (χ3v) is 7.93. The summed E-state index contributed by atoms with van der Waals surface area (Å²) in [5, 5.41) is 10.8. The first-order valence-electron chi connectivity index (χ1n) is 10.6. The number of aliphatic hydroxyl groups is 1. The highest BCUT2D eigenvalue weighted by Gasteiger charge is 2.64. The number of fused-ring (bicyclic) bond motifs is 3. The van der Waals surface area contributed by atoms with Crippen LogP contribution in [-0.2, 0) is 24.4 Å². The molecule has 6 atom stereocenters. The number of furan rings is 1. The Balaban J connectivity index is 1.81. The van der Waals surface area contributed by atoms with Crippen molar-refractivity contribution in [2.24, 2.45) is 11.3 Å². The molecule has 1 unspecified atom stereocenters. The van der Waals surface area contributed by atoms with Gasteiger partial charge >= 0.3 is 11.9 Å². The van der Waals surface area contributed by atoms with Gasteiger partial charge in [0.2, 0.25) is 5.78 Å². The van der Waals surface area contributed by atoms with E-state index >= 15 is 0 Å². The number of cyclic esters (lactones) is 1. The lowest BCUT2D eigenvalue weighted by atomic mass is 9.54. The van der Waals surface area contributed by atoms with Crippen LogP contribution >= 0.6 is 0 Å². The molecule has 8 heteroatoms. The van der Waals surface area contributed by atoms with Crippen molar-refractivity contribution in [1.29, 1.82) is 0 Å². The summed E-state index contributed by atoms with van der Waals surface area (Å²) in [6.07, 6.45) is 0.787. The van der Waals surface area contributed by atoms with Gasteiger partial charge in [0.25, 0.3) is 0 Å². The summed E-state index contributed by atoms with van der Waals surface area (Å²) in [6.45, 7) is 5.28. The highest BCUT2D eigenvalue weighted by Crippen LogP contribution is 2.62. The van der Waals surface area contributed by atoms with Gasteiger partial charge < -0.3 is 23.7 Å². The van der Waals surface area contributed by atoms with Crippen molar-refractivity contribution in [2.75, 3.05) is 13.7 Å². The van der Waals surface area contributed by atoms with E-state index in [1.54, 1.807) is 0 Å². The van der Waals surface area contributed by atoms with Crippen LogP contribution in [0.3, 0.4) is 0 Å². The number of Topliss-reactive ketones (excluding diaryl/α,β-unsaturated/α-hetero) is 1. The third kappa shape index (κ3) is 2.46. The zero-order chi connectivity index (χ0) is 22.3. The standard InChI is InChI=1S/C23H26O8/c1-10(24)30-13-7-22(2)12(5-6-14(22)25)16-18(13)23(3)15(9-28-4)31-21(27)11-8-29-20(17(11)23)19(16)26/h8,12-15,25H,5-7,9H2,1-4H3/t12?,13-,14+,15-,22-,23-/m1/s1. The zero-order valence-electron chi connectivity index (χ0n) is 18.0. The molecule has 1 saturated carbocycles. The summed E-state index contributed by atoms with van der Waals surface area (Å²) in [6, 6.07) is 0. The Bertz CT molecular complexity index is 1030. The molecule has 2 heterocycles. The van der Waals surface area contributed by atoms with Crippen molar-refractivity contribution in [1.82, 2.24) is 0 Å². The quantitative estimate of drug-likeness (QED) is 0.727. The van der Waals surface area contributed by atoms with Crippen molar-refractivity contribution in [3.05, 3.63) is 34.3 Å². The van der Waals surface area contributed by atoms with Crippen molar-refractivity contribution in [3.63, 3.8) is 0 Å². The minimum absolute atomic E-state index is 0.106. The van der Waals surface area contributed by atoms with Crippen LogP contribution in [0.4, 0.5) is 0 Å². The van der Waals surface area contributed by atoms with E-state index in [1.165, 1.54) is 20.3 Å². The number of ether oxygens (including phenoxy) is 3. The molecular formula is C23H26O8. The van der Waals surface area contributed by atoms with Gasteiger partial charge in [0.15, 0.2) is 5.76 Å². The molecule has 166 valence electrons. The largest absolute Gasteiger partial charge is 0.460 e. The molecule has 8 nitrogen and oxygen atoms in total. The fourth-order valence-corrected chi connectivity index (χ4v) is 6.47. The van der Waals surface area contributed by atoms with E-state index in [0.717, 1.165) is 0 Å². The Morgan fingerprint density at radius 3 is 2.71 bits per heavy atom. The fourth-order valence-electron chi connectivity index (χ4n) is 6.47. The predicted octanol–water partition coefficient (Wildman–Crippen LogP) is 2.33. The molecule has 1 N–H and O–H groups in total. The maximum Gasteiger partial charge on any atom is 0.342 e. The van der Waals surface area contributed by atoms with Gasteiger partial charge in [-0.3, -0.25) is 9.59 Å². The van der Waals surface area contributed by atoms with E-state index in [2.05, 4.69) is 0 Å². The molecule has 31 heavy (non-hydrogen) atoms. The number of methoxy groups -OCH3 is 1. The van der Waals surface area contributed by atoms with Crippen molar-refractivity contribution in [2.45, 2.75) is 63.8 Å². The number of esters is 2. The second-order valence-corrected chi connectivity index (χ2v) is 9.52. The summed E-state index contributed by atoms with van der Waals surface area (Å²) >= 11 is 0. The third-order valence-electron chi connectivity index (χ3n) is 7.93. The van der Waals surface area contributed by atoms with Crippen LogP contribution in [0, 0.1) is 11.3 Å². The maximum absolute atomic E-state index is 13.7. The predicted molar refractivity (Wildman–Crippen MR) is 106 cm³/mol. The zero-order valence-corrected chi connectivity index (χ0v) is 18.0. The van der Waals surface area contributed by atoms with Gasteiger partial charge in [-0.05, 0) is 37.7 Å². The lowest BCUT2D eigenvalue weighted by Crippen LogP contribution is -2.57. The summed E-state index contributed by atoms with van der Waals surface area (Å²) < 4.78 is 22.5. The second kappa shape index (κ2) is 6.53. The number of aliphatic hydroxyl groups excluding tert-OH is 1. The molecule has 1 aliphatic heterocycles. The van der Waals surface area contributed by atoms with Gasteiger partial charge in [-0.15, -0.1) is 0 Å². The molecule has 0 spiro atoms. The molecule has 3 aliphatic carbocycles. The monoisotopic (exact) mass is 430 g/mol. The normalized spacial score (nSPS) is 38.4. The van der Waals surface area contributed by atoms with E-state index in [1.807, 2.05) is 13.8 Å². The van der Waals surface area contributed by atoms with Gasteiger partial charge in [0.1, 0.15) is 24.0 Å². The first kappa shape index (κ1) is 20.5. The molecule has 5 rings (SSSR count). The van der Waals surface area contributed by atoms with Crippen LogP contribution in [0.15, 0.2) is 21.8 Å². The summed E-state index contributed by atoms with van der Waals surface area (Å²) in [5.41, 5.74) is 0.292. The fraction of sp³-hybridized carbons (Fsp3) is 0.609. The first-order chi connectivity index (χ1) is 14.6. The molecule has 0 aromatic carbocycles. The topological polar surface area (TPSA) is 112 Å². The number of carbonyl (C=O) groups is 3. The SMILES string of the molecule is COC[C@H]1OC(=O)c2coc3c2[C@]1(C)C1=C(C3=O)C2CC[C@H](O)[C@]2(C)C[C@H]1OC(C)=O. The molecule has 0 radical (unpaired) electrons. The van der Waals surface area contributed by atoms with Crippen LogP contribution in [-0.4, -0.2) is 54.9 Å². The molecule has 4 aliphatic rings. The van der Waals surface area contributed by atoms with Gasteiger partial charge in [0, 0.05) is 30.6 Å². The summed E-state index contributed by atoms with van der Waals surface area (Å²) in [5.74, 6) is -1.43. The summed E-state index contributed by atoms with van der Waals surface area (Å²) in [4.78, 5) is 38.4. The van der Waals surface area contributed by atoms with Crippen molar-refractivity contribution in [3.8, 4) is 0 Å². The Morgan fingerprint density at radius 1 is 1.29 bits per heavy atom. The first-order valence-corrected chi connectivity index (χ1v) is 10.6. The van der Waals surface area contributed by atoms with Crippen LogP contribution in [0.5, 0.6) is 0 Å². The average molecular weight is 430 g/mol. The number of hydrogen-bond acceptors (Lipinski definition) is 8.